The van der Waals surface area contributed by atoms with Crippen LogP contribution in [0.2, 0.25) is 5.15 Å². The van der Waals surface area contributed by atoms with E-state index < -0.39 is 0 Å². The molecule has 1 aromatic heterocycles. The first kappa shape index (κ1) is 9.42. The van der Waals surface area contributed by atoms with Crippen molar-refractivity contribution in [1.82, 2.24) is 9.97 Å². The highest BCUT2D eigenvalue weighted by atomic mass is 35.5. The highest BCUT2D eigenvalue weighted by Gasteiger charge is 2.06. The average Bonchev–Trinajstić information content (AvgIpc) is 2.48. The predicted molar refractivity (Wildman–Crippen MR) is 59.2 cm³/mol. The Hall–Kier alpha value is -1.81. The van der Waals surface area contributed by atoms with Crippen molar-refractivity contribution in [1.29, 1.82) is 0 Å². The van der Waals surface area contributed by atoms with Crippen molar-refractivity contribution in [3.8, 4) is 0 Å². The zero-order valence-electron chi connectivity index (χ0n) is 8.26. The molecule has 1 aliphatic heterocycles. The van der Waals surface area contributed by atoms with Crippen LogP contribution in [0.5, 0.6) is 0 Å². The lowest BCUT2D eigenvalue weighted by atomic mass is 10.2. The van der Waals surface area contributed by atoms with E-state index >= 15 is 0 Å². The van der Waals surface area contributed by atoms with Crippen LogP contribution in [0, 0.1) is 0 Å². The molecule has 1 aliphatic rings. The molecule has 0 bridgehead atoms. The largest absolute Gasteiger partial charge is 0.273 e. The van der Waals surface area contributed by atoms with Gasteiger partial charge in [0.05, 0.1) is 12.2 Å². The zero-order chi connectivity index (χ0) is 11.0. The van der Waals surface area contributed by atoms with E-state index in [4.69, 9.17) is 11.6 Å². The van der Waals surface area contributed by atoms with Crippen molar-refractivity contribution >= 4 is 17.3 Å². The highest BCUT2D eigenvalue weighted by Crippen LogP contribution is 2.19. The number of fused-ring (bicyclic) bond motifs is 2. The van der Waals surface area contributed by atoms with E-state index in [1.807, 2.05) is 24.3 Å². The quantitative estimate of drug-likeness (QED) is 0.639. The molecule has 3 rings (SSSR count). The Morgan fingerprint density at radius 1 is 1.12 bits per heavy atom. The van der Waals surface area contributed by atoms with Crippen LogP contribution in [-0.4, -0.2) is 9.97 Å². The molecular weight excluding hydrogens is 224 g/mol. The maximum atomic E-state index is 5.95. The molecule has 0 saturated heterocycles. The minimum atomic E-state index is 0.349. The van der Waals surface area contributed by atoms with Gasteiger partial charge in [0.2, 0.25) is 0 Å². The van der Waals surface area contributed by atoms with Crippen molar-refractivity contribution in [2.75, 3.05) is 0 Å². The van der Waals surface area contributed by atoms with Gasteiger partial charge in [-0.05, 0) is 11.6 Å². The van der Waals surface area contributed by atoms with Crippen molar-refractivity contribution in [3.63, 3.8) is 0 Å². The molecule has 4 nitrogen and oxygen atoms in total. The fourth-order valence-electron chi connectivity index (χ4n) is 1.60. The van der Waals surface area contributed by atoms with Gasteiger partial charge in [-0.25, -0.2) is 15.0 Å². The van der Waals surface area contributed by atoms with E-state index in [2.05, 4.69) is 20.0 Å². The van der Waals surface area contributed by atoms with Crippen molar-refractivity contribution in [2.24, 2.45) is 9.98 Å². The van der Waals surface area contributed by atoms with Crippen molar-refractivity contribution < 1.29 is 0 Å². The molecule has 0 unspecified atom stereocenters. The van der Waals surface area contributed by atoms with Gasteiger partial charge in [-0.2, -0.15) is 0 Å². The van der Waals surface area contributed by atoms with E-state index in [0.717, 1.165) is 11.3 Å². The average molecular weight is 231 g/mol. The second-order valence-corrected chi connectivity index (χ2v) is 3.75. The van der Waals surface area contributed by atoms with Crippen LogP contribution in [-0.2, 0) is 6.54 Å². The number of para-hydroxylation sites is 1. The van der Waals surface area contributed by atoms with E-state index in [-0.39, 0.29) is 0 Å². The minimum Gasteiger partial charge on any atom is -0.273 e. The van der Waals surface area contributed by atoms with Gasteiger partial charge in [-0.15, -0.1) is 0 Å². The molecule has 2 heterocycles. The standard InChI is InChI=1S/C11H7ClN4/c12-10-9-11(15-6-14-10)16-8-4-2-1-3-7(8)5-13-9/h1-4,6H,5H2. The lowest BCUT2D eigenvalue weighted by Gasteiger charge is -1.97. The van der Waals surface area contributed by atoms with E-state index in [9.17, 15) is 0 Å². The maximum Gasteiger partial charge on any atom is 0.182 e. The number of halogens is 1. The normalized spacial score (nSPS) is 12.8. The van der Waals surface area contributed by atoms with Crippen molar-refractivity contribution in [2.45, 2.75) is 6.54 Å². The van der Waals surface area contributed by atoms with E-state index in [1.54, 1.807) is 0 Å². The molecular formula is C11H7ClN4. The number of hydrogen-bond donors (Lipinski definition) is 0. The van der Waals surface area contributed by atoms with Crippen molar-refractivity contribution in [3.05, 3.63) is 52.2 Å². The monoisotopic (exact) mass is 230 g/mol. The summed E-state index contributed by atoms with van der Waals surface area (Å²) in [6.45, 7) is 0.555. The van der Waals surface area contributed by atoms with Crippen LogP contribution in [0.25, 0.3) is 0 Å². The van der Waals surface area contributed by atoms with Crippen LogP contribution in [0.3, 0.4) is 0 Å². The Morgan fingerprint density at radius 2 is 2.00 bits per heavy atom. The number of benzene rings is 1. The SMILES string of the molecule is Clc1ncnc2c1=NCc1ccccc1N=2. The molecule has 78 valence electrons. The number of aromatic nitrogens is 2. The molecule has 0 saturated carbocycles. The van der Waals surface area contributed by atoms with E-state index in [1.165, 1.54) is 6.33 Å². The molecule has 2 aromatic rings. The molecule has 0 atom stereocenters. The number of hydrogen-bond acceptors (Lipinski definition) is 4. The summed E-state index contributed by atoms with van der Waals surface area (Å²) in [5, 5.41) is 0.918. The van der Waals surface area contributed by atoms with Gasteiger partial charge in [-0.3, -0.25) is 4.99 Å². The van der Waals surface area contributed by atoms with Gasteiger partial charge < -0.3 is 0 Å². The number of rotatable bonds is 0. The first-order chi connectivity index (χ1) is 7.84. The van der Waals surface area contributed by atoms with Crippen LogP contribution in [0.4, 0.5) is 5.69 Å². The molecule has 0 fully saturated rings. The van der Waals surface area contributed by atoms with Crippen LogP contribution in [0.1, 0.15) is 5.56 Å². The van der Waals surface area contributed by atoms with Gasteiger partial charge >= 0.3 is 0 Å². The first-order valence-electron chi connectivity index (χ1n) is 4.82. The summed E-state index contributed by atoms with van der Waals surface area (Å²) in [7, 11) is 0. The summed E-state index contributed by atoms with van der Waals surface area (Å²) in [5.74, 6) is 0. The van der Waals surface area contributed by atoms with E-state index in [0.29, 0.717) is 22.5 Å². The second-order valence-electron chi connectivity index (χ2n) is 3.39. The van der Waals surface area contributed by atoms with Gasteiger partial charge in [0, 0.05) is 0 Å². The molecule has 0 N–H and O–H groups in total. The third kappa shape index (κ3) is 1.47. The molecule has 0 radical (unpaired) electrons. The fourth-order valence-corrected chi connectivity index (χ4v) is 1.79. The highest BCUT2D eigenvalue weighted by molar-refractivity contribution is 6.29. The van der Waals surface area contributed by atoms with Gasteiger partial charge in [-0.1, -0.05) is 29.8 Å². The molecule has 0 amide bonds. The summed E-state index contributed by atoms with van der Waals surface area (Å²) in [6.07, 6.45) is 1.40. The van der Waals surface area contributed by atoms with Gasteiger partial charge in [0.25, 0.3) is 0 Å². The fraction of sp³-hybridized carbons (Fsp3) is 0.0909. The molecule has 0 aliphatic carbocycles. The molecule has 16 heavy (non-hydrogen) atoms. The smallest absolute Gasteiger partial charge is 0.182 e. The van der Waals surface area contributed by atoms with Crippen LogP contribution in [0.15, 0.2) is 40.6 Å². The Labute approximate surface area is 96.4 Å². The second kappa shape index (κ2) is 3.64. The lowest BCUT2D eigenvalue weighted by molar-refractivity contribution is 0.965. The molecule has 5 heteroatoms. The topological polar surface area (TPSA) is 50.5 Å². The maximum absolute atomic E-state index is 5.95. The number of nitrogens with zero attached hydrogens (tertiary/aromatic N) is 4. The molecule has 0 spiro atoms. The minimum absolute atomic E-state index is 0.349. The third-order valence-electron chi connectivity index (χ3n) is 2.38. The lowest BCUT2D eigenvalue weighted by Crippen LogP contribution is -2.29. The Morgan fingerprint density at radius 3 is 2.94 bits per heavy atom. The summed E-state index contributed by atoms with van der Waals surface area (Å²) < 4.78 is 0. The molecule has 1 aromatic carbocycles. The van der Waals surface area contributed by atoms with Crippen LogP contribution >= 0.6 is 11.6 Å². The zero-order valence-corrected chi connectivity index (χ0v) is 9.02. The van der Waals surface area contributed by atoms with Crippen LogP contribution < -0.4 is 10.8 Å². The summed E-state index contributed by atoms with van der Waals surface area (Å²) in [6, 6.07) is 7.84. The third-order valence-corrected chi connectivity index (χ3v) is 2.66. The van der Waals surface area contributed by atoms with Gasteiger partial charge in [0.1, 0.15) is 11.7 Å². The predicted octanol–water partition coefficient (Wildman–Crippen LogP) is 1.21. The Bertz CT molecular complexity index is 666. The summed E-state index contributed by atoms with van der Waals surface area (Å²) in [4.78, 5) is 16.8. The summed E-state index contributed by atoms with van der Waals surface area (Å²) in [5.41, 5.74) is 2.49. The Balaban J connectivity index is 2.38. The summed E-state index contributed by atoms with van der Waals surface area (Å²) >= 11 is 5.95. The first-order valence-corrected chi connectivity index (χ1v) is 5.20. The Kier molecular flexibility index (Phi) is 2.15. The van der Waals surface area contributed by atoms with Gasteiger partial charge in [0.15, 0.2) is 10.6 Å².